The highest BCUT2D eigenvalue weighted by atomic mass is 19.2. The van der Waals surface area contributed by atoms with Gasteiger partial charge in [0.2, 0.25) is 34.8 Å². The van der Waals surface area contributed by atoms with E-state index in [1.807, 2.05) is 0 Å². The van der Waals surface area contributed by atoms with E-state index >= 15 is 0 Å². The molecule has 3 rings (SSSR count). The Bertz CT molecular complexity index is 805. The van der Waals surface area contributed by atoms with Crippen molar-refractivity contribution in [3.63, 3.8) is 0 Å². The van der Waals surface area contributed by atoms with E-state index in [-0.39, 0.29) is 18.7 Å². The molecule has 0 spiro atoms. The Morgan fingerprint density at radius 1 is 1.08 bits per heavy atom. The van der Waals surface area contributed by atoms with E-state index in [0.29, 0.717) is 5.57 Å². The predicted octanol–water partition coefficient (Wildman–Crippen LogP) is 2.63. The van der Waals surface area contributed by atoms with Crippen LogP contribution < -0.4 is 4.74 Å². The number of rotatable bonds is 3. The van der Waals surface area contributed by atoms with Gasteiger partial charge in [-0.3, -0.25) is 4.79 Å². The van der Waals surface area contributed by atoms with E-state index in [4.69, 9.17) is 0 Å². The molecule has 1 aromatic carbocycles. The minimum atomic E-state index is -2.34. The quantitative estimate of drug-likeness (QED) is 0.274. The molecule has 0 saturated carbocycles. The first kappa shape index (κ1) is 17.1. The lowest BCUT2D eigenvalue weighted by Crippen LogP contribution is -2.31. The first-order valence-corrected chi connectivity index (χ1v) is 7.16. The molecule has 25 heavy (non-hydrogen) atoms. The predicted molar refractivity (Wildman–Crippen MR) is 73.8 cm³/mol. The van der Waals surface area contributed by atoms with Gasteiger partial charge in [-0.05, 0) is 5.57 Å². The van der Waals surface area contributed by atoms with Gasteiger partial charge in [0.05, 0.1) is 5.92 Å². The molecule has 2 aliphatic rings. The summed E-state index contributed by atoms with van der Waals surface area (Å²) in [6.07, 6.45) is 5.17. The van der Waals surface area contributed by atoms with Gasteiger partial charge in [0, 0.05) is 19.2 Å². The number of allylic oxidation sites excluding steroid dienone is 2. The molecule has 4 nitrogen and oxygen atoms in total. The fourth-order valence-electron chi connectivity index (χ4n) is 2.69. The standard InChI is InChI=1S/C16H10F5NO3/c17-11-12(18)14(20)16(15(21)13(11)19)25-10(24)6-22-4-7-2-1-3-9(23)8(7)5-22/h1-2,4,8H,3,5-6H2. The second-order valence-corrected chi connectivity index (χ2v) is 5.56. The van der Waals surface area contributed by atoms with E-state index in [0.717, 1.165) is 0 Å². The largest absolute Gasteiger partial charge is 0.419 e. The molecule has 1 aliphatic carbocycles. The number of hydrogen-bond acceptors (Lipinski definition) is 4. The number of ketones is 1. The smallest absolute Gasteiger partial charge is 0.331 e. The van der Waals surface area contributed by atoms with Crippen LogP contribution in [0.2, 0.25) is 0 Å². The third kappa shape index (κ3) is 3.01. The second kappa shape index (κ2) is 6.30. The minimum absolute atomic E-state index is 0.0376. The first-order chi connectivity index (χ1) is 11.8. The lowest BCUT2D eigenvalue weighted by atomic mass is 9.90. The van der Waals surface area contributed by atoms with Gasteiger partial charge in [-0.2, -0.15) is 8.78 Å². The molecule has 0 N–H and O–H groups in total. The molecular formula is C16H10F5NO3. The van der Waals surface area contributed by atoms with Crippen LogP contribution in [0.3, 0.4) is 0 Å². The SMILES string of the molecule is O=C(CN1C=C2C=CCC(=O)C2C1)Oc1c(F)c(F)c(F)c(F)c1F. The van der Waals surface area contributed by atoms with Crippen molar-refractivity contribution in [3.8, 4) is 5.75 Å². The van der Waals surface area contributed by atoms with E-state index < -0.39 is 53.3 Å². The van der Waals surface area contributed by atoms with Gasteiger partial charge in [0.25, 0.3) is 0 Å². The van der Waals surface area contributed by atoms with E-state index in [1.165, 1.54) is 11.1 Å². The number of hydrogen-bond donors (Lipinski definition) is 0. The molecule has 1 aliphatic heterocycles. The number of carbonyl (C=O) groups is 2. The Balaban J connectivity index is 1.74. The fourth-order valence-corrected chi connectivity index (χ4v) is 2.69. The molecule has 0 saturated heterocycles. The summed E-state index contributed by atoms with van der Waals surface area (Å²) in [4.78, 5) is 24.9. The van der Waals surface area contributed by atoms with Crippen molar-refractivity contribution in [2.24, 2.45) is 5.92 Å². The molecule has 0 bridgehead atoms. The fraction of sp³-hybridized carbons (Fsp3) is 0.250. The average molecular weight is 359 g/mol. The van der Waals surface area contributed by atoms with Crippen LogP contribution in [0.1, 0.15) is 6.42 Å². The van der Waals surface area contributed by atoms with Gasteiger partial charge in [-0.15, -0.1) is 0 Å². The molecule has 132 valence electrons. The third-order valence-corrected chi connectivity index (χ3v) is 3.89. The number of fused-ring (bicyclic) bond motifs is 1. The van der Waals surface area contributed by atoms with E-state index in [9.17, 15) is 31.5 Å². The van der Waals surface area contributed by atoms with Crippen molar-refractivity contribution in [2.45, 2.75) is 6.42 Å². The Morgan fingerprint density at radius 2 is 1.68 bits per heavy atom. The maximum Gasteiger partial charge on any atom is 0.331 e. The van der Waals surface area contributed by atoms with Crippen molar-refractivity contribution in [3.05, 3.63) is 53.0 Å². The van der Waals surface area contributed by atoms with Gasteiger partial charge in [0.15, 0.2) is 0 Å². The van der Waals surface area contributed by atoms with Crippen molar-refractivity contribution in [1.82, 2.24) is 4.90 Å². The Morgan fingerprint density at radius 3 is 2.28 bits per heavy atom. The molecule has 9 heteroatoms. The summed E-state index contributed by atoms with van der Waals surface area (Å²) >= 11 is 0. The number of halogens is 5. The summed E-state index contributed by atoms with van der Waals surface area (Å²) in [6, 6.07) is 0. The summed E-state index contributed by atoms with van der Waals surface area (Å²) < 4.78 is 70.4. The van der Waals surface area contributed by atoms with Gasteiger partial charge >= 0.3 is 5.97 Å². The molecule has 1 unspecified atom stereocenters. The zero-order valence-electron chi connectivity index (χ0n) is 12.5. The molecule has 1 aromatic rings. The second-order valence-electron chi connectivity index (χ2n) is 5.56. The van der Waals surface area contributed by atoms with Crippen molar-refractivity contribution in [1.29, 1.82) is 0 Å². The van der Waals surface area contributed by atoms with Crippen molar-refractivity contribution >= 4 is 11.8 Å². The maximum absolute atomic E-state index is 13.5. The van der Waals surface area contributed by atoms with Crippen LogP contribution in [0.4, 0.5) is 22.0 Å². The van der Waals surface area contributed by atoms with E-state index in [1.54, 1.807) is 12.2 Å². The highest BCUT2D eigenvalue weighted by Gasteiger charge is 2.33. The lowest BCUT2D eigenvalue weighted by Gasteiger charge is -2.17. The number of Topliss-reactive ketones (excluding diaryl/α,β-unsaturated/α-hetero) is 1. The first-order valence-electron chi connectivity index (χ1n) is 7.16. The molecule has 0 radical (unpaired) electrons. The summed E-state index contributed by atoms with van der Waals surface area (Å²) in [5, 5.41) is 0. The van der Waals surface area contributed by atoms with Gasteiger partial charge < -0.3 is 9.64 Å². The monoisotopic (exact) mass is 359 g/mol. The molecule has 1 atom stereocenters. The van der Waals surface area contributed by atoms with Crippen LogP contribution in [-0.2, 0) is 9.59 Å². The zero-order valence-corrected chi connectivity index (χ0v) is 12.5. The van der Waals surface area contributed by atoms with Crippen LogP contribution in [0, 0.1) is 35.0 Å². The topological polar surface area (TPSA) is 46.6 Å². The lowest BCUT2D eigenvalue weighted by molar-refractivity contribution is -0.135. The van der Waals surface area contributed by atoms with Crippen LogP contribution >= 0.6 is 0 Å². The number of esters is 1. The van der Waals surface area contributed by atoms with Gasteiger partial charge in [-0.1, -0.05) is 12.2 Å². The number of benzene rings is 1. The number of ether oxygens (including phenoxy) is 1. The minimum Gasteiger partial charge on any atom is -0.419 e. The zero-order chi connectivity index (χ0) is 18.3. The highest BCUT2D eigenvalue weighted by molar-refractivity contribution is 5.88. The van der Waals surface area contributed by atoms with Crippen LogP contribution in [0.25, 0.3) is 0 Å². The van der Waals surface area contributed by atoms with Crippen LogP contribution in [-0.4, -0.2) is 29.7 Å². The van der Waals surface area contributed by atoms with Crippen molar-refractivity contribution in [2.75, 3.05) is 13.1 Å². The van der Waals surface area contributed by atoms with E-state index in [2.05, 4.69) is 4.74 Å². The normalized spacial score (nSPS) is 19.1. The third-order valence-electron chi connectivity index (χ3n) is 3.89. The molecule has 1 heterocycles. The maximum atomic E-state index is 13.5. The van der Waals surface area contributed by atoms with Crippen LogP contribution in [0.5, 0.6) is 5.75 Å². The number of nitrogens with zero attached hydrogens (tertiary/aromatic N) is 1. The summed E-state index contributed by atoms with van der Waals surface area (Å²) in [5.41, 5.74) is 0.681. The summed E-state index contributed by atoms with van der Waals surface area (Å²) in [6.45, 7) is -0.342. The highest BCUT2D eigenvalue weighted by Crippen LogP contribution is 2.30. The Labute approximate surface area is 138 Å². The average Bonchev–Trinajstić information content (AvgIpc) is 2.99. The van der Waals surface area contributed by atoms with Crippen LogP contribution in [0.15, 0.2) is 23.9 Å². The van der Waals surface area contributed by atoms with Crippen molar-refractivity contribution < 1.29 is 36.3 Å². The molecule has 0 aromatic heterocycles. The molecule has 0 fully saturated rings. The summed E-state index contributed by atoms with van der Waals surface area (Å²) in [5.74, 6) is -14.5. The molecular weight excluding hydrogens is 349 g/mol. The molecule has 0 amide bonds. The van der Waals surface area contributed by atoms with Gasteiger partial charge in [0.1, 0.15) is 12.3 Å². The Hall–Kier alpha value is -2.71. The Kier molecular flexibility index (Phi) is 4.32. The van der Waals surface area contributed by atoms with Gasteiger partial charge in [-0.25, -0.2) is 18.0 Å². The summed E-state index contributed by atoms with van der Waals surface area (Å²) in [7, 11) is 0. The number of carbonyl (C=O) groups excluding carboxylic acids is 2.